The number of fused-ring (bicyclic) bond motifs is 1. The molecule has 1 aromatic carbocycles. The average molecular weight is 387 g/mol. The number of anilines is 1. The molecule has 3 rings (SSSR count). The van der Waals surface area contributed by atoms with Crippen molar-refractivity contribution in [1.82, 2.24) is 4.72 Å². The fourth-order valence-corrected chi connectivity index (χ4v) is 4.85. The van der Waals surface area contributed by atoms with Crippen LogP contribution in [-0.2, 0) is 23.0 Å². The summed E-state index contributed by atoms with van der Waals surface area (Å²) in [7, 11) is -3.47. The SMILES string of the molecule is O=S(=O)(NCc1cc(Br)cs1)c1ccc2c(c1)CCCN2. The molecule has 1 aromatic heterocycles. The summed E-state index contributed by atoms with van der Waals surface area (Å²) in [4.78, 5) is 1.31. The zero-order valence-electron chi connectivity index (χ0n) is 11.2. The molecule has 0 unspecified atom stereocenters. The molecule has 0 spiro atoms. The molecule has 0 aliphatic carbocycles. The van der Waals surface area contributed by atoms with Crippen LogP contribution in [0.5, 0.6) is 0 Å². The number of sulfonamides is 1. The third-order valence-corrected chi connectivity index (χ3v) is 6.48. The van der Waals surface area contributed by atoms with Crippen LogP contribution in [-0.4, -0.2) is 15.0 Å². The van der Waals surface area contributed by atoms with Crippen LogP contribution < -0.4 is 10.0 Å². The number of hydrogen-bond acceptors (Lipinski definition) is 4. The molecule has 4 nitrogen and oxygen atoms in total. The summed E-state index contributed by atoms with van der Waals surface area (Å²) in [6.07, 6.45) is 1.96. The van der Waals surface area contributed by atoms with Crippen LogP contribution in [0.25, 0.3) is 0 Å². The first-order chi connectivity index (χ1) is 10.0. The van der Waals surface area contributed by atoms with Gasteiger partial charge in [0.2, 0.25) is 10.0 Å². The van der Waals surface area contributed by atoms with Crippen LogP contribution in [0.3, 0.4) is 0 Å². The second-order valence-electron chi connectivity index (χ2n) is 4.91. The Bertz CT molecular complexity index is 756. The first-order valence-electron chi connectivity index (χ1n) is 6.64. The van der Waals surface area contributed by atoms with Crippen LogP contribution in [0.4, 0.5) is 5.69 Å². The van der Waals surface area contributed by atoms with Crippen LogP contribution >= 0.6 is 27.3 Å². The number of aryl methyl sites for hydroxylation is 1. The van der Waals surface area contributed by atoms with E-state index in [1.165, 1.54) is 11.3 Å². The number of thiophene rings is 1. The highest BCUT2D eigenvalue weighted by molar-refractivity contribution is 9.10. The fourth-order valence-electron chi connectivity index (χ4n) is 2.31. The van der Waals surface area contributed by atoms with Gasteiger partial charge in [-0.2, -0.15) is 0 Å². The van der Waals surface area contributed by atoms with E-state index in [1.54, 1.807) is 12.1 Å². The summed E-state index contributed by atoms with van der Waals surface area (Å²) in [5.41, 5.74) is 2.12. The summed E-state index contributed by atoms with van der Waals surface area (Å²) in [6.45, 7) is 1.26. The van der Waals surface area contributed by atoms with Crippen molar-refractivity contribution in [3.63, 3.8) is 0 Å². The highest BCUT2D eigenvalue weighted by atomic mass is 79.9. The highest BCUT2D eigenvalue weighted by Gasteiger charge is 2.17. The quantitative estimate of drug-likeness (QED) is 0.846. The summed E-state index contributed by atoms with van der Waals surface area (Å²) < 4.78 is 28.3. The van der Waals surface area contributed by atoms with Crippen molar-refractivity contribution in [3.8, 4) is 0 Å². The molecule has 2 N–H and O–H groups in total. The standard InChI is InChI=1S/C14H15BrN2O2S2/c15-11-7-12(20-9-11)8-17-21(18,19)13-3-4-14-10(6-13)2-1-5-16-14/h3-4,6-7,9,16-17H,1-2,5,8H2. The summed E-state index contributed by atoms with van der Waals surface area (Å²) in [5.74, 6) is 0. The Morgan fingerprint density at radius 1 is 1.33 bits per heavy atom. The first-order valence-corrected chi connectivity index (χ1v) is 9.79. The van der Waals surface area contributed by atoms with Gasteiger partial charge in [0.05, 0.1) is 4.90 Å². The lowest BCUT2D eigenvalue weighted by molar-refractivity contribution is 0.581. The Morgan fingerprint density at radius 3 is 2.95 bits per heavy atom. The molecule has 7 heteroatoms. The van der Waals surface area contributed by atoms with Crippen LogP contribution in [0, 0.1) is 0 Å². The van der Waals surface area contributed by atoms with Crippen LogP contribution in [0.15, 0.2) is 39.0 Å². The second kappa shape index (κ2) is 6.08. The molecule has 0 amide bonds. The molecule has 0 saturated carbocycles. The number of halogens is 1. The topological polar surface area (TPSA) is 58.2 Å². The normalized spacial score (nSPS) is 14.5. The fraction of sp³-hybridized carbons (Fsp3) is 0.286. The van der Waals surface area contributed by atoms with E-state index in [2.05, 4.69) is 26.0 Å². The molecular weight excluding hydrogens is 372 g/mol. The van der Waals surface area contributed by atoms with E-state index < -0.39 is 10.0 Å². The molecular formula is C14H15BrN2O2S2. The van der Waals surface area contributed by atoms with Crippen molar-refractivity contribution < 1.29 is 8.42 Å². The van der Waals surface area contributed by atoms with E-state index in [9.17, 15) is 8.42 Å². The van der Waals surface area contributed by atoms with Gasteiger partial charge in [-0.15, -0.1) is 11.3 Å². The van der Waals surface area contributed by atoms with Gasteiger partial charge >= 0.3 is 0 Å². The van der Waals surface area contributed by atoms with Crippen molar-refractivity contribution in [2.24, 2.45) is 0 Å². The van der Waals surface area contributed by atoms with Crippen LogP contribution in [0.2, 0.25) is 0 Å². The monoisotopic (exact) mass is 386 g/mol. The number of benzene rings is 1. The van der Waals surface area contributed by atoms with Gasteiger partial charge in [0.15, 0.2) is 0 Å². The molecule has 0 bridgehead atoms. The van der Waals surface area contributed by atoms with E-state index in [0.29, 0.717) is 11.4 Å². The van der Waals surface area contributed by atoms with Gasteiger partial charge in [0, 0.05) is 33.5 Å². The molecule has 0 fully saturated rings. The zero-order valence-corrected chi connectivity index (χ0v) is 14.4. The summed E-state index contributed by atoms with van der Waals surface area (Å²) in [6, 6.07) is 7.20. The van der Waals surface area contributed by atoms with Gasteiger partial charge in [-0.25, -0.2) is 13.1 Å². The van der Waals surface area contributed by atoms with E-state index in [1.807, 2.05) is 17.5 Å². The predicted octanol–water partition coefficient (Wildman–Crippen LogP) is 3.35. The maximum Gasteiger partial charge on any atom is 0.240 e. The lowest BCUT2D eigenvalue weighted by Crippen LogP contribution is -2.23. The molecule has 0 atom stereocenters. The van der Waals surface area contributed by atoms with Gasteiger partial charge < -0.3 is 5.32 Å². The van der Waals surface area contributed by atoms with Crippen molar-refractivity contribution in [3.05, 3.63) is 44.6 Å². The highest BCUT2D eigenvalue weighted by Crippen LogP contribution is 2.25. The molecule has 1 aliphatic heterocycles. The maximum absolute atomic E-state index is 12.4. The molecule has 112 valence electrons. The molecule has 0 saturated heterocycles. The summed E-state index contributed by atoms with van der Waals surface area (Å²) in [5, 5.41) is 5.22. The van der Waals surface area contributed by atoms with Crippen molar-refractivity contribution in [2.75, 3.05) is 11.9 Å². The van der Waals surface area contributed by atoms with E-state index in [4.69, 9.17) is 0 Å². The third-order valence-electron chi connectivity index (χ3n) is 3.38. The van der Waals surface area contributed by atoms with Crippen molar-refractivity contribution in [1.29, 1.82) is 0 Å². The minimum absolute atomic E-state index is 0.313. The second-order valence-corrected chi connectivity index (χ2v) is 8.58. The van der Waals surface area contributed by atoms with E-state index in [-0.39, 0.29) is 0 Å². The van der Waals surface area contributed by atoms with E-state index in [0.717, 1.165) is 40.0 Å². The zero-order chi connectivity index (χ0) is 14.9. The molecule has 21 heavy (non-hydrogen) atoms. The Kier molecular flexibility index (Phi) is 4.35. The Labute approximate surface area is 136 Å². The van der Waals surface area contributed by atoms with Crippen molar-refractivity contribution >= 4 is 43.0 Å². The largest absolute Gasteiger partial charge is 0.385 e. The minimum Gasteiger partial charge on any atom is -0.385 e. The smallest absolute Gasteiger partial charge is 0.240 e. The maximum atomic E-state index is 12.4. The minimum atomic E-state index is -3.47. The Balaban J connectivity index is 1.78. The van der Waals surface area contributed by atoms with E-state index >= 15 is 0 Å². The van der Waals surface area contributed by atoms with Crippen LogP contribution in [0.1, 0.15) is 16.9 Å². The van der Waals surface area contributed by atoms with Gasteiger partial charge in [-0.05, 0) is 58.6 Å². The van der Waals surface area contributed by atoms with Gasteiger partial charge in [-0.3, -0.25) is 0 Å². The molecule has 2 heterocycles. The molecule has 0 radical (unpaired) electrons. The lowest BCUT2D eigenvalue weighted by Gasteiger charge is -2.18. The Morgan fingerprint density at radius 2 is 2.19 bits per heavy atom. The lowest BCUT2D eigenvalue weighted by atomic mass is 10.0. The average Bonchev–Trinajstić information content (AvgIpc) is 2.90. The number of hydrogen-bond donors (Lipinski definition) is 2. The van der Waals surface area contributed by atoms with Gasteiger partial charge in [0.25, 0.3) is 0 Å². The first kappa shape index (κ1) is 15.0. The third kappa shape index (κ3) is 3.48. The Hall–Kier alpha value is -0.890. The molecule has 1 aliphatic rings. The molecule has 2 aromatic rings. The van der Waals surface area contributed by atoms with Crippen molar-refractivity contribution in [2.45, 2.75) is 24.3 Å². The van der Waals surface area contributed by atoms with Gasteiger partial charge in [0.1, 0.15) is 0 Å². The van der Waals surface area contributed by atoms with Gasteiger partial charge in [-0.1, -0.05) is 0 Å². The number of nitrogens with one attached hydrogen (secondary N) is 2. The predicted molar refractivity (Wildman–Crippen MR) is 89.3 cm³/mol. The number of rotatable bonds is 4. The summed E-state index contributed by atoms with van der Waals surface area (Å²) >= 11 is 4.89.